The van der Waals surface area contributed by atoms with Crippen molar-refractivity contribution in [2.75, 3.05) is 18.0 Å². The Bertz CT molecular complexity index is 710. The highest BCUT2D eigenvalue weighted by molar-refractivity contribution is 14.1. The van der Waals surface area contributed by atoms with Crippen LogP contribution in [0.3, 0.4) is 0 Å². The fraction of sp³-hybridized carbons (Fsp3) is 0.308. The van der Waals surface area contributed by atoms with E-state index in [0.717, 1.165) is 20.2 Å². The summed E-state index contributed by atoms with van der Waals surface area (Å²) in [6.45, 7) is 1.09. The summed E-state index contributed by atoms with van der Waals surface area (Å²) in [5.74, 6) is -2.15. The molecule has 2 rings (SSSR count). The molecule has 0 aliphatic carbocycles. The second-order valence-corrected chi connectivity index (χ2v) is 5.74. The van der Waals surface area contributed by atoms with Crippen LogP contribution in [-0.2, 0) is 16.6 Å². The van der Waals surface area contributed by atoms with Crippen molar-refractivity contribution in [2.45, 2.75) is 6.92 Å². The van der Waals surface area contributed by atoms with Crippen LogP contribution in [0.5, 0.6) is 0 Å². The molecule has 8 heteroatoms. The molecule has 7 nitrogen and oxygen atoms in total. The largest absolute Gasteiger partial charge is 0.480 e. The topological polar surface area (TPSA) is 95.7 Å². The van der Waals surface area contributed by atoms with Gasteiger partial charge in [0, 0.05) is 18.1 Å². The molecule has 1 aromatic heterocycles. The molecule has 0 fully saturated rings. The van der Waals surface area contributed by atoms with Gasteiger partial charge in [0.05, 0.1) is 5.52 Å². The molecule has 21 heavy (non-hydrogen) atoms. The second-order valence-electron chi connectivity index (χ2n) is 4.71. The summed E-state index contributed by atoms with van der Waals surface area (Å²) in [4.78, 5) is 23.2. The third-order valence-corrected chi connectivity index (χ3v) is 3.91. The molecule has 2 N–H and O–H groups in total. The molecule has 0 atom stereocenters. The van der Waals surface area contributed by atoms with Crippen molar-refractivity contribution in [3.63, 3.8) is 0 Å². The maximum Gasteiger partial charge on any atom is 0.323 e. The smallest absolute Gasteiger partial charge is 0.323 e. The number of halogens is 1. The van der Waals surface area contributed by atoms with Crippen LogP contribution < -0.4 is 4.90 Å². The molecule has 0 saturated heterocycles. The number of anilines is 1. The van der Waals surface area contributed by atoms with E-state index in [1.165, 1.54) is 4.90 Å². The molecule has 0 amide bonds. The van der Waals surface area contributed by atoms with Crippen LogP contribution in [0.2, 0.25) is 0 Å². The van der Waals surface area contributed by atoms with E-state index in [4.69, 9.17) is 10.2 Å². The molecule has 112 valence electrons. The summed E-state index contributed by atoms with van der Waals surface area (Å²) in [6, 6.07) is 3.68. The van der Waals surface area contributed by atoms with E-state index in [0.29, 0.717) is 5.69 Å². The molecule has 0 bridgehead atoms. The van der Waals surface area contributed by atoms with Gasteiger partial charge in [-0.3, -0.25) is 14.3 Å². The molecule has 1 heterocycles. The predicted molar refractivity (Wildman–Crippen MR) is 85.7 cm³/mol. The number of nitrogens with zero attached hydrogens (tertiary/aromatic N) is 3. The van der Waals surface area contributed by atoms with Crippen LogP contribution >= 0.6 is 22.6 Å². The lowest BCUT2D eigenvalue weighted by atomic mass is 10.1. The Hall–Kier alpha value is -1.84. The Morgan fingerprint density at radius 2 is 1.86 bits per heavy atom. The molecule has 0 saturated carbocycles. The molecule has 1 aromatic carbocycles. The van der Waals surface area contributed by atoms with E-state index >= 15 is 0 Å². The number of fused-ring (bicyclic) bond motifs is 1. The van der Waals surface area contributed by atoms with E-state index in [-0.39, 0.29) is 13.1 Å². The molecule has 2 aromatic rings. The third kappa shape index (κ3) is 3.26. The summed E-state index contributed by atoms with van der Waals surface area (Å²) in [5.41, 5.74) is 2.24. The Morgan fingerprint density at radius 1 is 1.29 bits per heavy atom. The molecular weight excluding hydrogens is 389 g/mol. The van der Waals surface area contributed by atoms with Gasteiger partial charge in [0.1, 0.15) is 16.8 Å². The van der Waals surface area contributed by atoms with Crippen LogP contribution in [-0.4, -0.2) is 45.0 Å². The average molecular weight is 403 g/mol. The normalized spacial score (nSPS) is 10.8. The molecule has 0 aliphatic heterocycles. The first-order valence-electron chi connectivity index (χ1n) is 6.11. The summed E-state index contributed by atoms with van der Waals surface area (Å²) in [5, 5.41) is 23.2. The van der Waals surface area contributed by atoms with Gasteiger partial charge in [-0.25, -0.2) is 0 Å². The highest BCUT2D eigenvalue weighted by atomic mass is 127. The number of carbonyl (C=O) groups is 2. The zero-order valence-electron chi connectivity index (χ0n) is 11.5. The lowest BCUT2D eigenvalue weighted by molar-refractivity contribution is -0.136. The van der Waals surface area contributed by atoms with Gasteiger partial charge in [-0.15, -0.1) is 0 Å². The summed E-state index contributed by atoms with van der Waals surface area (Å²) in [7, 11) is 1.79. The Kier molecular flexibility index (Phi) is 4.35. The van der Waals surface area contributed by atoms with E-state index in [1.54, 1.807) is 17.8 Å². The number of aromatic nitrogens is 2. The fourth-order valence-corrected chi connectivity index (χ4v) is 3.01. The van der Waals surface area contributed by atoms with Gasteiger partial charge in [0.25, 0.3) is 0 Å². The quantitative estimate of drug-likeness (QED) is 0.735. The lowest BCUT2D eigenvalue weighted by Crippen LogP contribution is -2.34. The van der Waals surface area contributed by atoms with Crippen molar-refractivity contribution in [1.82, 2.24) is 9.78 Å². The van der Waals surface area contributed by atoms with Crippen molar-refractivity contribution in [3.8, 4) is 0 Å². The first-order chi connectivity index (χ1) is 9.79. The number of carboxylic acids is 2. The van der Waals surface area contributed by atoms with Crippen molar-refractivity contribution >= 4 is 51.1 Å². The Morgan fingerprint density at radius 3 is 2.38 bits per heavy atom. The number of carboxylic acid groups (broad SMARTS) is 2. The monoisotopic (exact) mass is 403 g/mol. The van der Waals surface area contributed by atoms with Gasteiger partial charge in [-0.2, -0.15) is 5.10 Å². The first kappa shape index (κ1) is 15.5. The zero-order chi connectivity index (χ0) is 15.7. The average Bonchev–Trinajstić information content (AvgIpc) is 2.61. The standard InChI is InChI=1S/C13H14IN3O4/c1-7-3-8-10(16(2)15-13(8)14)4-9(7)17(5-11(18)19)6-12(20)21/h3-4H,5-6H2,1-2H3,(H,18,19)(H,20,21). The molecular formula is C13H14IN3O4. The van der Waals surface area contributed by atoms with Crippen LogP contribution in [0, 0.1) is 10.6 Å². The SMILES string of the molecule is Cc1cc2c(I)nn(C)c2cc1N(CC(=O)O)CC(=O)O. The number of aliphatic carboxylic acids is 2. The maximum atomic E-state index is 11.0. The predicted octanol–water partition coefficient (Wildman–Crippen LogP) is 1.46. The molecule has 0 aliphatic rings. The minimum atomic E-state index is -1.07. The Balaban J connectivity index is 2.55. The number of rotatable bonds is 5. The van der Waals surface area contributed by atoms with Crippen molar-refractivity contribution in [3.05, 3.63) is 21.4 Å². The van der Waals surface area contributed by atoms with Crippen LogP contribution in [0.1, 0.15) is 5.56 Å². The number of hydrogen-bond donors (Lipinski definition) is 2. The zero-order valence-corrected chi connectivity index (χ0v) is 13.7. The molecule has 0 unspecified atom stereocenters. The van der Waals surface area contributed by atoms with E-state index < -0.39 is 11.9 Å². The summed E-state index contributed by atoms with van der Waals surface area (Å²) < 4.78 is 2.54. The Labute approximate surface area is 134 Å². The summed E-state index contributed by atoms with van der Waals surface area (Å²) in [6.07, 6.45) is 0. The lowest BCUT2D eigenvalue weighted by Gasteiger charge is -2.23. The van der Waals surface area contributed by atoms with Gasteiger partial charge in [0.15, 0.2) is 0 Å². The number of aryl methyl sites for hydroxylation is 2. The van der Waals surface area contributed by atoms with Gasteiger partial charge >= 0.3 is 11.9 Å². The van der Waals surface area contributed by atoms with Crippen LogP contribution in [0.4, 0.5) is 5.69 Å². The van der Waals surface area contributed by atoms with Crippen LogP contribution in [0.25, 0.3) is 10.9 Å². The summed E-state index contributed by atoms with van der Waals surface area (Å²) >= 11 is 2.13. The van der Waals surface area contributed by atoms with E-state index in [9.17, 15) is 9.59 Å². The third-order valence-electron chi connectivity index (χ3n) is 3.12. The fourth-order valence-electron chi connectivity index (χ4n) is 2.25. The number of hydrogen-bond acceptors (Lipinski definition) is 4. The van der Waals surface area contributed by atoms with Gasteiger partial charge < -0.3 is 15.1 Å². The highest BCUT2D eigenvalue weighted by Crippen LogP contribution is 2.29. The van der Waals surface area contributed by atoms with Gasteiger partial charge in [-0.1, -0.05) is 0 Å². The maximum absolute atomic E-state index is 11.0. The van der Waals surface area contributed by atoms with Crippen LogP contribution in [0.15, 0.2) is 12.1 Å². The number of benzene rings is 1. The molecule has 0 spiro atoms. The van der Waals surface area contributed by atoms with Crippen molar-refractivity contribution < 1.29 is 19.8 Å². The van der Waals surface area contributed by atoms with Crippen molar-refractivity contribution in [2.24, 2.45) is 7.05 Å². The van der Waals surface area contributed by atoms with Gasteiger partial charge in [-0.05, 0) is 47.2 Å². The minimum Gasteiger partial charge on any atom is -0.480 e. The molecule has 0 radical (unpaired) electrons. The first-order valence-corrected chi connectivity index (χ1v) is 7.19. The van der Waals surface area contributed by atoms with Crippen molar-refractivity contribution in [1.29, 1.82) is 0 Å². The van der Waals surface area contributed by atoms with E-state index in [1.807, 2.05) is 13.0 Å². The van der Waals surface area contributed by atoms with E-state index in [2.05, 4.69) is 27.7 Å². The second kappa shape index (κ2) is 5.88. The minimum absolute atomic E-state index is 0.367. The van der Waals surface area contributed by atoms with Gasteiger partial charge in [0.2, 0.25) is 0 Å². The highest BCUT2D eigenvalue weighted by Gasteiger charge is 2.18.